The maximum Gasteiger partial charge on any atom is 0.352 e. The third-order valence-electron chi connectivity index (χ3n) is 4.93. The number of aromatic nitrogens is 4. The standard InChI is InChI=1S/C23H19N5O4/c1-15(29)17-4-6-18(7-5-17)25-20(30)14-27-12-2-3-19-21(27)26-23(32)28(22(19)31)13-16-8-10-24-11-9-16/h2-12H,13-14H2,1H3,(H,25,30). The highest BCUT2D eigenvalue weighted by molar-refractivity contribution is 5.95. The summed E-state index contributed by atoms with van der Waals surface area (Å²) >= 11 is 0. The molecule has 0 aliphatic carbocycles. The number of fused-ring (bicyclic) bond motifs is 1. The second-order valence-corrected chi connectivity index (χ2v) is 7.20. The van der Waals surface area contributed by atoms with E-state index >= 15 is 0 Å². The van der Waals surface area contributed by atoms with Crippen LogP contribution in [0.2, 0.25) is 0 Å². The van der Waals surface area contributed by atoms with E-state index in [9.17, 15) is 19.2 Å². The Morgan fingerprint density at radius 1 is 1.00 bits per heavy atom. The van der Waals surface area contributed by atoms with Crippen molar-refractivity contribution in [3.05, 3.63) is 99.1 Å². The molecule has 0 spiro atoms. The molecule has 160 valence electrons. The van der Waals surface area contributed by atoms with Crippen molar-refractivity contribution in [2.24, 2.45) is 0 Å². The fraction of sp³-hybridized carbons (Fsp3) is 0.130. The minimum atomic E-state index is -0.695. The number of carbonyl (C=O) groups is 2. The average molecular weight is 429 g/mol. The molecule has 0 bridgehead atoms. The molecule has 1 N–H and O–H groups in total. The van der Waals surface area contributed by atoms with Crippen LogP contribution in [-0.4, -0.2) is 30.8 Å². The first-order valence-electron chi connectivity index (χ1n) is 9.82. The number of rotatable bonds is 6. The highest BCUT2D eigenvalue weighted by atomic mass is 16.2. The van der Waals surface area contributed by atoms with E-state index in [-0.39, 0.29) is 36.2 Å². The maximum atomic E-state index is 12.9. The first-order chi connectivity index (χ1) is 15.4. The molecule has 0 saturated heterocycles. The topological polar surface area (TPSA) is 116 Å². The van der Waals surface area contributed by atoms with E-state index in [1.54, 1.807) is 67.1 Å². The first-order valence-corrected chi connectivity index (χ1v) is 9.82. The molecule has 2 aliphatic rings. The zero-order valence-electron chi connectivity index (χ0n) is 17.2. The molecule has 1 aromatic carbocycles. The Labute approximate surface area is 182 Å². The van der Waals surface area contributed by atoms with Crippen LogP contribution in [0.4, 0.5) is 5.69 Å². The Hall–Kier alpha value is -4.40. The SMILES string of the molecule is CC(=O)c1ccc(NC(=O)Cn2cccc3c(=O)n(Cc4ccncc4)c(=O)nc2-3)cc1. The van der Waals surface area contributed by atoms with Crippen LogP contribution < -0.4 is 16.6 Å². The van der Waals surface area contributed by atoms with Gasteiger partial charge in [-0.25, -0.2) is 4.79 Å². The van der Waals surface area contributed by atoms with Crippen molar-refractivity contribution in [1.29, 1.82) is 0 Å². The lowest BCUT2D eigenvalue weighted by molar-refractivity contribution is -0.116. The average Bonchev–Trinajstić information content (AvgIpc) is 2.78. The van der Waals surface area contributed by atoms with E-state index in [0.29, 0.717) is 11.3 Å². The van der Waals surface area contributed by atoms with Crippen LogP contribution in [0.1, 0.15) is 22.8 Å². The summed E-state index contributed by atoms with van der Waals surface area (Å²) in [5.41, 5.74) is 0.879. The van der Waals surface area contributed by atoms with Gasteiger partial charge in [0.1, 0.15) is 6.54 Å². The van der Waals surface area contributed by atoms with Gasteiger partial charge < -0.3 is 9.88 Å². The number of benzene rings is 1. The fourth-order valence-electron chi connectivity index (χ4n) is 3.30. The normalized spacial score (nSPS) is 10.8. The van der Waals surface area contributed by atoms with E-state index in [0.717, 1.165) is 10.1 Å². The number of Topliss-reactive ketones (excluding diaryl/α,β-unsaturated/α-hetero) is 1. The molecule has 0 fully saturated rings. The molecule has 1 aromatic heterocycles. The van der Waals surface area contributed by atoms with Crippen molar-refractivity contribution in [3.8, 4) is 11.4 Å². The Balaban J connectivity index is 1.59. The molecule has 0 unspecified atom stereocenters. The third-order valence-corrected chi connectivity index (χ3v) is 4.93. The fourth-order valence-corrected chi connectivity index (χ4v) is 3.30. The van der Waals surface area contributed by atoms with Gasteiger partial charge in [0, 0.05) is 29.8 Å². The summed E-state index contributed by atoms with van der Waals surface area (Å²) in [6, 6.07) is 13.1. The van der Waals surface area contributed by atoms with Crippen LogP contribution in [0.5, 0.6) is 0 Å². The predicted molar refractivity (Wildman–Crippen MR) is 118 cm³/mol. The molecule has 1 amide bonds. The summed E-state index contributed by atoms with van der Waals surface area (Å²) in [5, 5.41) is 2.73. The van der Waals surface area contributed by atoms with Crippen molar-refractivity contribution < 1.29 is 9.59 Å². The Morgan fingerprint density at radius 3 is 2.41 bits per heavy atom. The second kappa shape index (κ2) is 8.76. The third kappa shape index (κ3) is 4.36. The van der Waals surface area contributed by atoms with Crippen molar-refractivity contribution in [1.82, 2.24) is 19.1 Å². The van der Waals surface area contributed by atoms with Crippen LogP contribution in [0.15, 0.2) is 76.7 Å². The summed E-state index contributed by atoms with van der Waals surface area (Å²) in [6.45, 7) is 1.40. The molecule has 9 nitrogen and oxygen atoms in total. The molecule has 0 saturated carbocycles. The minimum Gasteiger partial charge on any atom is -0.325 e. The van der Waals surface area contributed by atoms with Crippen LogP contribution >= 0.6 is 0 Å². The minimum absolute atomic E-state index is 0.0664. The number of ketones is 1. The molecular weight excluding hydrogens is 410 g/mol. The van der Waals surface area contributed by atoms with Crippen LogP contribution in [0.3, 0.4) is 0 Å². The van der Waals surface area contributed by atoms with Gasteiger partial charge in [-0.05, 0) is 61.0 Å². The lowest BCUT2D eigenvalue weighted by Gasteiger charge is -2.15. The Bertz CT molecular complexity index is 1370. The molecule has 2 aliphatic heterocycles. The van der Waals surface area contributed by atoms with Crippen LogP contribution in [0.25, 0.3) is 11.4 Å². The number of pyridine rings is 2. The number of nitrogens with zero attached hydrogens (tertiary/aromatic N) is 4. The zero-order valence-corrected chi connectivity index (χ0v) is 17.2. The lowest BCUT2D eigenvalue weighted by Crippen LogP contribution is -2.38. The second-order valence-electron chi connectivity index (χ2n) is 7.20. The zero-order chi connectivity index (χ0) is 22.7. The molecule has 32 heavy (non-hydrogen) atoms. The Morgan fingerprint density at radius 2 is 1.72 bits per heavy atom. The van der Waals surface area contributed by atoms with E-state index in [4.69, 9.17) is 0 Å². The van der Waals surface area contributed by atoms with Crippen LogP contribution in [0, 0.1) is 0 Å². The predicted octanol–water partition coefficient (Wildman–Crippen LogP) is 1.79. The van der Waals surface area contributed by atoms with Gasteiger partial charge in [-0.1, -0.05) is 0 Å². The number of carbonyl (C=O) groups excluding carboxylic acids is 2. The summed E-state index contributed by atoms with van der Waals surface area (Å²) in [5.74, 6) is -0.299. The van der Waals surface area contributed by atoms with Crippen molar-refractivity contribution in [3.63, 3.8) is 0 Å². The van der Waals surface area contributed by atoms with Gasteiger partial charge in [0.25, 0.3) is 5.56 Å². The van der Waals surface area contributed by atoms with E-state index < -0.39 is 11.2 Å². The van der Waals surface area contributed by atoms with Crippen LogP contribution in [-0.2, 0) is 17.9 Å². The summed E-state index contributed by atoms with van der Waals surface area (Å²) in [4.78, 5) is 57.4. The number of hydrogen-bond acceptors (Lipinski definition) is 6. The molecule has 4 rings (SSSR count). The number of anilines is 1. The molecule has 0 radical (unpaired) electrons. The summed E-state index contributed by atoms with van der Waals surface area (Å²) < 4.78 is 2.51. The van der Waals surface area contributed by atoms with Crippen molar-refractivity contribution in [2.75, 3.05) is 5.32 Å². The van der Waals surface area contributed by atoms with Crippen molar-refractivity contribution >= 4 is 17.4 Å². The number of nitrogens with one attached hydrogen (secondary N) is 1. The highest BCUT2D eigenvalue weighted by Crippen LogP contribution is 2.14. The smallest absolute Gasteiger partial charge is 0.325 e. The van der Waals surface area contributed by atoms with Gasteiger partial charge in [-0.2, -0.15) is 4.98 Å². The first kappa shape index (κ1) is 20.9. The maximum absolute atomic E-state index is 12.9. The number of amides is 1. The van der Waals surface area contributed by atoms with E-state index in [1.807, 2.05) is 0 Å². The highest BCUT2D eigenvalue weighted by Gasteiger charge is 2.18. The van der Waals surface area contributed by atoms with Gasteiger partial charge in [-0.15, -0.1) is 0 Å². The number of hydrogen-bond donors (Lipinski definition) is 1. The molecule has 9 heteroatoms. The molecule has 0 atom stereocenters. The quantitative estimate of drug-likeness (QED) is 0.467. The lowest BCUT2D eigenvalue weighted by atomic mass is 10.1. The van der Waals surface area contributed by atoms with Gasteiger partial charge in [0.2, 0.25) is 5.91 Å². The van der Waals surface area contributed by atoms with E-state index in [1.165, 1.54) is 11.5 Å². The van der Waals surface area contributed by atoms with Gasteiger partial charge in [0.05, 0.1) is 12.1 Å². The van der Waals surface area contributed by atoms with Gasteiger partial charge >= 0.3 is 5.69 Å². The van der Waals surface area contributed by atoms with Gasteiger partial charge in [-0.3, -0.25) is 23.9 Å². The molecule has 2 aromatic rings. The Kier molecular flexibility index (Phi) is 5.71. The molecular formula is C23H19N5O4. The van der Waals surface area contributed by atoms with Gasteiger partial charge in [0.15, 0.2) is 11.6 Å². The largest absolute Gasteiger partial charge is 0.352 e. The summed E-state index contributed by atoms with van der Waals surface area (Å²) in [6.07, 6.45) is 4.75. The molecule has 3 heterocycles. The van der Waals surface area contributed by atoms with E-state index in [2.05, 4.69) is 15.3 Å². The van der Waals surface area contributed by atoms with Crippen molar-refractivity contribution in [2.45, 2.75) is 20.0 Å². The summed E-state index contributed by atoms with van der Waals surface area (Å²) in [7, 11) is 0. The monoisotopic (exact) mass is 429 g/mol.